The first kappa shape index (κ1) is 26.0. The van der Waals surface area contributed by atoms with Gasteiger partial charge in [0.25, 0.3) is 5.91 Å². The van der Waals surface area contributed by atoms with E-state index >= 15 is 0 Å². The lowest BCUT2D eigenvalue weighted by atomic mass is 9.95. The van der Waals surface area contributed by atoms with Crippen LogP contribution in [0, 0.1) is 5.92 Å². The van der Waals surface area contributed by atoms with E-state index in [2.05, 4.69) is 0 Å². The number of hydrogen-bond donors (Lipinski definition) is 1. The van der Waals surface area contributed by atoms with E-state index in [0.29, 0.717) is 17.7 Å². The number of halogens is 2. The molecule has 3 unspecified atom stereocenters. The standard InChI is InChI=1S/C26H31F2NO4S/c1-18(10-11-19-7-4-3-5-8-19)22(30)14-12-20-17-26(27,28)25(32)29(20)16-6-9-21-13-15-23(34-21)24(31)33-2/h3-5,7-8,12-15,18,20,22,30H,6,9-11,16-17H2,1-2H3/b14-12+. The molecule has 8 heteroatoms. The van der Waals surface area contributed by atoms with Gasteiger partial charge in [-0.05, 0) is 49.3 Å². The minimum atomic E-state index is -3.40. The highest BCUT2D eigenvalue weighted by Crippen LogP contribution is 2.34. The maximum Gasteiger partial charge on any atom is 0.348 e. The van der Waals surface area contributed by atoms with Gasteiger partial charge in [-0.25, -0.2) is 4.79 Å². The van der Waals surface area contributed by atoms with Gasteiger partial charge < -0.3 is 14.7 Å². The Labute approximate surface area is 203 Å². The van der Waals surface area contributed by atoms with Crippen molar-refractivity contribution in [3.05, 3.63) is 69.9 Å². The van der Waals surface area contributed by atoms with E-state index < -0.39 is 36.4 Å². The normalized spacial score (nSPS) is 19.5. The van der Waals surface area contributed by atoms with Crippen molar-refractivity contribution in [2.24, 2.45) is 5.92 Å². The molecule has 1 aromatic heterocycles. The van der Waals surface area contributed by atoms with Crippen molar-refractivity contribution >= 4 is 23.2 Å². The largest absolute Gasteiger partial charge is 0.465 e. The van der Waals surface area contributed by atoms with E-state index in [1.54, 1.807) is 18.2 Å². The van der Waals surface area contributed by atoms with Gasteiger partial charge in [0.2, 0.25) is 0 Å². The Morgan fingerprint density at radius 3 is 2.71 bits per heavy atom. The van der Waals surface area contributed by atoms with Gasteiger partial charge in [0.15, 0.2) is 0 Å². The molecule has 0 spiro atoms. The lowest BCUT2D eigenvalue weighted by molar-refractivity contribution is -0.148. The number of rotatable bonds is 11. The van der Waals surface area contributed by atoms with Crippen molar-refractivity contribution in [2.75, 3.05) is 13.7 Å². The highest BCUT2D eigenvalue weighted by molar-refractivity contribution is 7.13. The van der Waals surface area contributed by atoms with E-state index in [9.17, 15) is 23.5 Å². The van der Waals surface area contributed by atoms with E-state index in [1.165, 1.54) is 28.9 Å². The maximum absolute atomic E-state index is 14.2. The number of esters is 1. The third-order valence-corrected chi connectivity index (χ3v) is 7.28. The molecule has 3 atom stereocenters. The molecule has 0 bridgehead atoms. The smallest absolute Gasteiger partial charge is 0.348 e. The predicted molar refractivity (Wildman–Crippen MR) is 128 cm³/mol. The quantitative estimate of drug-likeness (QED) is 0.359. The van der Waals surface area contributed by atoms with Crippen LogP contribution in [0.25, 0.3) is 0 Å². The Bertz CT molecular complexity index is 992. The summed E-state index contributed by atoms with van der Waals surface area (Å²) in [6.45, 7) is 2.10. The van der Waals surface area contributed by atoms with Gasteiger partial charge in [0.1, 0.15) is 4.88 Å². The maximum atomic E-state index is 14.2. The molecule has 2 heterocycles. The first-order chi connectivity index (χ1) is 16.2. The third kappa shape index (κ3) is 6.73. The number of alkyl halides is 2. The van der Waals surface area contributed by atoms with Crippen molar-refractivity contribution in [3.63, 3.8) is 0 Å². The second kappa shape index (κ2) is 11.7. The third-order valence-electron chi connectivity index (χ3n) is 6.15. The number of amides is 1. The molecule has 1 N–H and O–H groups in total. The van der Waals surface area contributed by atoms with Gasteiger partial charge in [0, 0.05) is 17.8 Å². The molecule has 1 aliphatic rings. The van der Waals surface area contributed by atoms with Gasteiger partial charge >= 0.3 is 11.9 Å². The molecule has 1 fully saturated rings. The van der Waals surface area contributed by atoms with E-state index in [-0.39, 0.29) is 12.5 Å². The number of nitrogens with zero attached hydrogens (tertiary/aromatic N) is 1. The van der Waals surface area contributed by atoms with Gasteiger partial charge in [-0.2, -0.15) is 8.78 Å². The van der Waals surface area contributed by atoms with Gasteiger partial charge in [-0.1, -0.05) is 49.4 Å². The molecule has 184 valence electrons. The van der Waals surface area contributed by atoms with Crippen LogP contribution in [0.3, 0.4) is 0 Å². The molecule has 2 aromatic rings. The van der Waals surface area contributed by atoms with E-state index in [4.69, 9.17) is 4.74 Å². The number of methoxy groups -OCH3 is 1. The van der Waals surface area contributed by atoms with Crippen molar-refractivity contribution in [1.82, 2.24) is 4.90 Å². The summed E-state index contributed by atoms with van der Waals surface area (Å²) in [7, 11) is 1.32. The summed E-state index contributed by atoms with van der Waals surface area (Å²) in [5, 5.41) is 10.5. The molecule has 3 rings (SSSR count). The average molecular weight is 492 g/mol. The number of carbonyl (C=O) groups is 2. The molecular weight excluding hydrogens is 460 g/mol. The number of likely N-dealkylation sites (tertiary alicyclic amines) is 1. The lowest BCUT2D eigenvalue weighted by Gasteiger charge is -2.22. The molecule has 1 amide bonds. The van der Waals surface area contributed by atoms with Crippen LogP contribution in [0.5, 0.6) is 0 Å². The van der Waals surface area contributed by atoms with E-state index in [0.717, 1.165) is 17.7 Å². The van der Waals surface area contributed by atoms with Gasteiger partial charge in [-0.3, -0.25) is 4.79 Å². The number of aryl methyl sites for hydroxylation is 2. The van der Waals surface area contributed by atoms with Crippen LogP contribution in [0.4, 0.5) is 8.78 Å². The van der Waals surface area contributed by atoms with Crippen molar-refractivity contribution < 1.29 is 28.2 Å². The number of benzene rings is 1. The summed E-state index contributed by atoms with van der Waals surface area (Å²) in [5.74, 6) is -5.03. The summed E-state index contributed by atoms with van der Waals surface area (Å²) >= 11 is 1.30. The first-order valence-electron chi connectivity index (χ1n) is 11.5. The summed E-state index contributed by atoms with van der Waals surface area (Å²) in [6.07, 6.45) is 4.35. The summed E-state index contributed by atoms with van der Waals surface area (Å²) < 4.78 is 33.0. The molecule has 0 saturated carbocycles. The second-order valence-electron chi connectivity index (χ2n) is 8.71. The number of hydrogen-bond acceptors (Lipinski definition) is 5. The van der Waals surface area contributed by atoms with E-state index in [1.807, 2.05) is 43.3 Å². The number of aliphatic hydroxyl groups excluding tert-OH is 1. The number of carbonyl (C=O) groups excluding carboxylic acids is 2. The fourth-order valence-corrected chi connectivity index (χ4v) is 5.02. The van der Waals surface area contributed by atoms with Gasteiger partial charge in [0.05, 0.1) is 19.3 Å². The van der Waals surface area contributed by atoms with Crippen molar-refractivity contribution in [1.29, 1.82) is 0 Å². The van der Waals surface area contributed by atoms with Crippen molar-refractivity contribution in [2.45, 2.75) is 57.1 Å². The van der Waals surface area contributed by atoms with Crippen molar-refractivity contribution in [3.8, 4) is 0 Å². The summed E-state index contributed by atoms with van der Waals surface area (Å²) in [5.41, 5.74) is 1.18. The molecule has 5 nitrogen and oxygen atoms in total. The van der Waals surface area contributed by atoms with Crippen LogP contribution in [0.1, 0.15) is 46.3 Å². The van der Waals surface area contributed by atoms with Crippen LogP contribution in [-0.4, -0.2) is 53.6 Å². The monoisotopic (exact) mass is 491 g/mol. The predicted octanol–water partition coefficient (Wildman–Crippen LogP) is 4.89. The zero-order chi connectivity index (χ0) is 24.7. The SMILES string of the molecule is COC(=O)c1ccc(CCCN2C(=O)C(F)(F)CC2/C=C/C(O)C(C)CCc2ccccc2)s1. The van der Waals surface area contributed by atoms with Crippen LogP contribution >= 0.6 is 11.3 Å². The first-order valence-corrected chi connectivity index (χ1v) is 12.3. The minimum absolute atomic E-state index is 0.0506. The van der Waals surface area contributed by atoms with Crippen LogP contribution < -0.4 is 0 Å². The fraction of sp³-hybridized carbons (Fsp3) is 0.462. The lowest BCUT2D eigenvalue weighted by Crippen LogP contribution is -2.36. The zero-order valence-electron chi connectivity index (χ0n) is 19.5. The highest BCUT2D eigenvalue weighted by Gasteiger charge is 2.52. The number of thiophene rings is 1. The van der Waals surface area contributed by atoms with Crippen LogP contribution in [0.15, 0.2) is 54.6 Å². The average Bonchev–Trinajstić information content (AvgIpc) is 3.39. The Kier molecular flexibility index (Phi) is 8.97. The fourth-order valence-electron chi connectivity index (χ4n) is 4.05. The molecule has 0 aliphatic carbocycles. The Morgan fingerprint density at radius 2 is 2.00 bits per heavy atom. The molecule has 1 aliphatic heterocycles. The minimum Gasteiger partial charge on any atom is -0.465 e. The molecule has 1 saturated heterocycles. The zero-order valence-corrected chi connectivity index (χ0v) is 20.3. The Balaban J connectivity index is 1.54. The summed E-state index contributed by atoms with van der Waals surface area (Å²) in [6, 6.07) is 12.7. The molecule has 34 heavy (non-hydrogen) atoms. The molecule has 0 radical (unpaired) electrons. The molecular formula is C26H31F2NO4S. The Hall–Kier alpha value is -2.58. The summed E-state index contributed by atoms with van der Waals surface area (Å²) in [4.78, 5) is 26.5. The van der Waals surface area contributed by atoms with Crippen LogP contribution in [-0.2, 0) is 22.4 Å². The number of aliphatic hydroxyl groups is 1. The topological polar surface area (TPSA) is 66.8 Å². The number of ether oxygens (including phenoxy) is 1. The Morgan fingerprint density at radius 1 is 1.26 bits per heavy atom. The van der Waals surface area contributed by atoms with Crippen LogP contribution in [0.2, 0.25) is 0 Å². The highest BCUT2D eigenvalue weighted by atomic mass is 32.1. The molecule has 1 aromatic carbocycles. The van der Waals surface area contributed by atoms with Gasteiger partial charge in [-0.15, -0.1) is 11.3 Å². The second-order valence-corrected chi connectivity index (χ2v) is 9.88.